The molecule has 20 heavy (non-hydrogen) atoms. The lowest BCUT2D eigenvalue weighted by molar-refractivity contribution is -0.138. The molecule has 0 radical (unpaired) electrons. The summed E-state index contributed by atoms with van der Waals surface area (Å²) in [7, 11) is 1.89. The molecule has 1 fully saturated rings. The van der Waals surface area contributed by atoms with Crippen LogP contribution in [0.4, 0.5) is 0 Å². The van der Waals surface area contributed by atoms with E-state index in [9.17, 15) is 4.79 Å². The summed E-state index contributed by atoms with van der Waals surface area (Å²) in [4.78, 5) is 15.2. The number of carbonyl (C=O) groups is 1. The van der Waals surface area contributed by atoms with E-state index in [1.54, 1.807) is 0 Å². The molecule has 1 aromatic rings. The Balaban J connectivity index is 1.93. The van der Waals surface area contributed by atoms with E-state index in [0.29, 0.717) is 6.04 Å². The largest absolute Gasteiger partial charge is 0.480 e. The van der Waals surface area contributed by atoms with Crippen molar-refractivity contribution in [3.63, 3.8) is 0 Å². The third-order valence-corrected chi connectivity index (χ3v) is 3.91. The minimum atomic E-state index is -0.752. The number of aliphatic carboxylic acids is 1. The third kappa shape index (κ3) is 4.62. The first-order chi connectivity index (χ1) is 9.65. The number of likely N-dealkylation sites (N-methyl/N-ethyl adjacent to an activating group) is 1. The number of piperidine rings is 1. The van der Waals surface area contributed by atoms with Gasteiger partial charge in [-0.15, -0.1) is 0 Å². The van der Waals surface area contributed by atoms with E-state index in [-0.39, 0.29) is 6.54 Å². The summed E-state index contributed by atoms with van der Waals surface area (Å²) in [6.07, 6.45) is 3.65. The monoisotopic (exact) mass is 276 g/mol. The minimum absolute atomic E-state index is 0.121. The zero-order valence-corrected chi connectivity index (χ0v) is 12.2. The quantitative estimate of drug-likeness (QED) is 0.863. The van der Waals surface area contributed by atoms with E-state index in [1.165, 1.54) is 18.4 Å². The van der Waals surface area contributed by atoms with Crippen LogP contribution in [0.25, 0.3) is 0 Å². The fourth-order valence-corrected chi connectivity index (χ4v) is 2.95. The number of carboxylic acid groups (broad SMARTS) is 1. The van der Waals surface area contributed by atoms with Crippen LogP contribution in [0.15, 0.2) is 30.3 Å². The van der Waals surface area contributed by atoms with Gasteiger partial charge >= 0.3 is 5.97 Å². The predicted octanol–water partition coefficient (Wildman–Crippen LogP) is 2.06. The Hall–Kier alpha value is -1.39. The lowest BCUT2D eigenvalue weighted by Gasteiger charge is -2.37. The molecule has 110 valence electrons. The van der Waals surface area contributed by atoms with Gasteiger partial charge in [0.1, 0.15) is 0 Å². The highest BCUT2D eigenvalue weighted by Crippen LogP contribution is 2.20. The van der Waals surface area contributed by atoms with Gasteiger partial charge in [0.05, 0.1) is 6.54 Å². The second kappa shape index (κ2) is 7.41. The van der Waals surface area contributed by atoms with Gasteiger partial charge in [-0.3, -0.25) is 14.6 Å². The smallest absolute Gasteiger partial charge is 0.317 e. The van der Waals surface area contributed by atoms with Crippen LogP contribution in [0.1, 0.15) is 24.8 Å². The van der Waals surface area contributed by atoms with Crippen LogP contribution in [-0.2, 0) is 11.3 Å². The Morgan fingerprint density at radius 1 is 1.35 bits per heavy atom. The summed E-state index contributed by atoms with van der Waals surface area (Å²) in [5.74, 6) is -0.752. The number of benzene rings is 1. The molecule has 2 rings (SSSR count). The topological polar surface area (TPSA) is 43.8 Å². The number of hydrogen-bond donors (Lipinski definition) is 1. The summed E-state index contributed by atoms with van der Waals surface area (Å²) < 4.78 is 0. The number of likely N-dealkylation sites (tertiary alicyclic amines) is 1. The Kier molecular flexibility index (Phi) is 5.56. The van der Waals surface area contributed by atoms with Crippen molar-refractivity contribution < 1.29 is 9.90 Å². The van der Waals surface area contributed by atoms with Crippen LogP contribution >= 0.6 is 0 Å². The van der Waals surface area contributed by atoms with Crippen LogP contribution in [0.2, 0.25) is 0 Å². The molecule has 0 saturated carbocycles. The molecule has 1 aliphatic rings. The summed E-state index contributed by atoms with van der Waals surface area (Å²) in [6.45, 7) is 3.03. The van der Waals surface area contributed by atoms with Crippen molar-refractivity contribution in [1.29, 1.82) is 0 Å². The highest BCUT2D eigenvalue weighted by atomic mass is 16.4. The summed E-state index contributed by atoms with van der Waals surface area (Å²) in [5, 5.41) is 8.86. The minimum Gasteiger partial charge on any atom is -0.480 e. The van der Waals surface area contributed by atoms with Crippen molar-refractivity contribution in [2.45, 2.75) is 31.8 Å². The van der Waals surface area contributed by atoms with E-state index in [0.717, 1.165) is 26.1 Å². The highest BCUT2D eigenvalue weighted by molar-refractivity contribution is 5.69. The van der Waals surface area contributed by atoms with Crippen molar-refractivity contribution in [2.24, 2.45) is 0 Å². The van der Waals surface area contributed by atoms with Crippen molar-refractivity contribution in [3.05, 3.63) is 35.9 Å². The zero-order chi connectivity index (χ0) is 14.4. The maximum atomic E-state index is 10.8. The van der Waals surface area contributed by atoms with Crippen LogP contribution < -0.4 is 0 Å². The van der Waals surface area contributed by atoms with Crippen molar-refractivity contribution >= 4 is 5.97 Å². The van der Waals surface area contributed by atoms with Crippen LogP contribution in [0, 0.1) is 0 Å². The van der Waals surface area contributed by atoms with Crippen LogP contribution in [0.3, 0.4) is 0 Å². The lowest BCUT2D eigenvalue weighted by atomic mass is 10.0. The van der Waals surface area contributed by atoms with Gasteiger partial charge in [-0.25, -0.2) is 0 Å². The number of rotatable bonds is 6. The first-order valence-electron chi connectivity index (χ1n) is 7.33. The molecule has 1 aromatic carbocycles. The standard InChI is InChI=1S/C16H24N2O2/c1-17(13-16(19)20)12-15-9-5-6-10-18(15)11-14-7-3-2-4-8-14/h2-4,7-8,15H,5-6,9-13H2,1H3,(H,19,20). The molecule has 4 heteroatoms. The molecule has 1 heterocycles. The SMILES string of the molecule is CN(CC(=O)O)CC1CCCCN1Cc1ccccc1. The molecule has 4 nitrogen and oxygen atoms in total. The predicted molar refractivity (Wildman–Crippen MR) is 79.6 cm³/mol. The van der Waals surface area contributed by atoms with Gasteiger partial charge in [0, 0.05) is 19.1 Å². The number of hydrogen-bond acceptors (Lipinski definition) is 3. The second-order valence-electron chi connectivity index (χ2n) is 5.70. The highest BCUT2D eigenvalue weighted by Gasteiger charge is 2.24. The average molecular weight is 276 g/mol. The molecule has 0 aliphatic carbocycles. The molecule has 0 amide bonds. The van der Waals surface area contributed by atoms with Crippen molar-refractivity contribution in [2.75, 3.05) is 26.7 Å². The van der Waals surface area contributed by atoms with Crippen molar-refractivity contribution in [1.82, 2.24) is 9.80 Å². The van der Waals surface area contributed by atoms with E-state index >= 15 is 0 Å². The molecule has 1 N–H and O–H groups in total. The molecule has 1 saturated heterocycles. The molecule has 1 atom stereocenters. The van der Waals surface area contributed by atoms with E-state index in [1.807, 2.05) is 18.0 Å². The number of carboxylic acids is 1. The Bertz CT molecular complexity index is 422. The normalized spacial score (nSPS) is 20.2. The average Bonchev–Trinajstić information content (AvgIpc) is 2.41. The fourth-order valence-electron chi connectivity index (χ4n) is 2.95. The maximum absolute atomic E-state index is 10.8. The summed E-state index contributed by atoms with van der Waals surface area (Å²) in [6, 6.07) is 11.0. The maximum Gasteiger partial charge on any atom is 0.317 e. The van der Waals surface area contributed by atoms with E-state index < -0.39 is 5.97 Å². The van der Waals surface area contributed by atoms with E-state index in [2.05, 4.69) is 29.2 Å². The Morgan fingerprint density at radius 2 is 2.10 bits per heavy atom. The van der Waals surface area contributed by atoms with Gasteiger partial charge in [-0.05, 0) is 32.0 Å². The number of nitrogens with zero attached hydrogens (tertiary/aromatic N) is 2. The molecule has 0 spiro atoms. The van der Waals surface area contributed by atoms with Gasteiger partial charge in [0.15, 0.2) is 0 Å². The van der Waals surface area contributed by atoms with E-state index in [4.69, 9.17) is 5.11 Å². The molecule has 1 unspecified atom stereocenters. The first kappa shape index (κ1) is 15.0. The van der Waals surface area contributed by atoms with Crippen LogP contribution in [-0.4, -0.2) is 53.6 Å². The van der Waals surface area contributed by atoms with Crippen LogP contribution in [0.5, 0.6) is 0 Å². The first-order valence-corrected chi connectivity index (χ1v) is 7.33. The Labute approximate surface area is 121 Å². The molecular weight excluding hydrogens is 252 g/mol. The van der Waals surface area contributed by atoms with Gasteiger partial charge in [-0.2, -0.15) is 0 Å². The van der Waals surface area contributed by atoms with Gasteiger partial charge in [-0.1, -0.05) is 36.8 Å². The molecule has 1 aliphatic heterocycles. The fraction of sp³-hybridized carbons (Fsp3) is 0.562. The van der Waals surface area contributed by atoms with Gasteiger partial charge in [0.2, 0.25) is 0 Å². The third-order valence-electron chi connectivity index (χ3n) is 3.91. The van der Waals surface area contributed by atoms with Gasteiger partial charge < -0.3 is 5.11 Å². The molecular formula is C16H24N2O2. The summed E-state index contributed by atoms with van der Waals surface area (Å²) in [5.41, 5.74) is 1.33. The lowest BCUT2D eigenvalue weighted by Crippen LogP contribution is -2.46. The second-order valence-corrected chi connectivity index (χ2v) is 5.70. The Morgan fingerprint density at radius 3 is 2.80 bits per heavy atom. The van der Waals surface area contributed by atoms with Crippen molar-refractivity contribution in [3.8, 4) is 0 Å². The molecule has 0 bridgehead atoms. The summed E-state index contributed by atoms with van der Waals surface area (Å²) >= 11 is 0. The zero-order valence-electron chi connectivity index (χ0n) is 12.2. The molecule has 0 aromatic heterocycles. The van der Waals surface area contributed by atoms with Gasteiger partial charge in [0.25, 0.3) is 0 Å².